The van der Waals surface area contributed by atoms with E-state index in [1.807, 2.05) is 32.0 Å². The van der Waals surface area contributed by atoms with Gasteiger partial charge in [-0.1, -0.05) is 41.9 Å². The van der Waals surface area contributed by atoms with Gasteiger partial charge in [0.1, 0.15) is 0 Å². The van der Waals surface area contributed by atoms with Crippen LogP contribution in [0.15, 0.2) is 42.5 Å². The second-order valence-corrected chi connectivity index (χ2v) is 8.23. The summed E-state index contributed by atoms with van der Waals surface area (Å²) in [6, 6.07) is 11.8. The smallest absolute Gasteiger partial charge is 0.226 e. The van der Waals surface area contributed by atoms with E-state index in [9.17, 15) is 13.2 Å². The Bertz CT molecular complexity index is 844. The number of hydrogen-bond acceptors (Lipinski definition) is 3. The predicted octanol–water partition coefficient (Wildman–Crippen LogP) is 3.58. The Morgan fingerprint density at radius 1 is 1.08 bits per heavy atom. The third kappa shape index (κ3) is 5.85. The molecule has 1 amide bonds. The third-order valence-corrected chi connectivity index (χ3v) is 4.73. The number of aryl methyl sites for hydroxylation is 2. The van der Waals surface area contributed by atoms with Crippen LogP contribution in [0.25, 0.3) is 0 Å². The predicted molar refractivity (Wildman–Crippen MR) is 101 cm³/mol. The maximum absolute atomic E-state index is 12.5. The Morgan fingerprint density at radius 2 is 1.64 bits per heavy atom. The molecule has 7 heteroatoms. The van der Waals surface area contributed by atoms with Crippen molar-refractivity contribution in [2.75, 3.05) is 11.6 Å². The van der Waals surface area contributed by atoms with Gasteiger partial charge in [-0.15, -0.1) is 0 Å². The van der Waals surface area contributed by atoms with Crippen LogP contribution in [0.4, 0.5) is 5.69 Å². The van der Waals surface area contributed by atoms with Crippen molar-refractivity contribution in [3.05, 3.63) is 64.2 Å². The van der Waals surface area contributed by atoms with Gasteiger partial charge in [-0.3, -0.25) is 4.79 Å². The van der Waals surface area contributed by atoms with E-state index in [4.69, 9.17) is 11.6 Å². The molecule has 2 N–H and O–H groups in total. The summed E-state index contributed by atoms with van der Waals surface area (Å²) in [5.41, 5.74) is 3.33. The van der Waals surface area contributed by atoms with E-state index in [0.717, 1.165) is 23.1 Å². The number of para-hydroxylation sites is 1. The van der Waals surface area contributed by atoms with E-state index in [-0.39, 0.29) is 12.3 Å². The number of sulfonamides is 1. The molecule has 0 aliphatic rings. The monoisotopic (exact) mass is 380 g/mol. The van der Waals surface area contributed by atoms with Crippen LogP contribution in [0.5, 0.6) is 0 Å². The summed E-state index contributed by atoms with van der Waals surface area (Å²) >= 11 is 5.88. The highest BCUT2D eigenvalue weighted by atomic mass is 35.5. The molecular weight excluding hydrogens is 360 g/mol. The normalized spacial score (nSPS) is 12.6. The molecule has 0 radical (unpaired) electrons. The van der Waals surface area contributed by atoms with Gasteiger partial charge in [-0.25, -0.2) is 13.1 Å². The number of carbonyl (C=O) groups excluding carboxylic acids is 1. The number of anilines is 1. The number of rotatable bonds is 6. The van der Waals surface area contributed by atoms with E-state index in [1.165, 1.54) is 0 Å². The van der Waals surface area contributed by atoms with Gasteiger partial charge in [-0.05, 0) is 42.7 Å². The first-order valence-electron chi connectivity index (χ1n) is 7.74. The van der Waals surface area contributed by atoms with E-state index in [2.05, 4.69) is 10.0 Å². The summed E-state index contributed by atoms with van der Waals surface area (Å²) in [5, 5.41) is 3.42. The summed E-state index contributed by atoms with van der Waals surface area (Å²) in [6.45, 7) is 3.82. The van der Waals surface area contributed by atoms with Gasteiger partial charge in [0.15, 0.2) is 0 Å². The van der Waals surface area contributed by atoms with Crippen molar-refractivity contribution >= 4 is 33.2 Å². The molecular formula is C18H21ClN2O3S. The average Bonchev–Trinajstić information content (AvgIpc) is 2.50. The highest BCUT2D eigenvalue weighted by Gasteiger charge is 2.20. The van der Waals surface area contributed by atoms with E-state index >= 15 is 0 Å². The molecule has 2 aromatic carbocycles. The van der Waals surface area contributed by atoms with Gasteiger partial charge < -0.3 is 5.32 Å². The number of carbonyl (C=O) groups is 1. The first kappa shape index (κ1) is 19.4. The fourth-order valence-corrected chi connectivity index (χ4v) is 3.43. The maximum Gasteiger partial charge on any atom is 0.226 e. The SMILES string of the molecule is Cc1cccc(C)c1NC(=O)C[C@H](NS(C)(=O)=O)c1ccc(Cl)cc1. The Balaban J connectivity index is 2.21. The number of nitrogens with one attached hydrogen (secondary N) is 2. The summed E-state index contributed by atoms with van der Waals surface area (Å²) in [6.07, 6.45) is 1.04. The van der Waals surface area contributed by atoms with Crippen LogP contribution in [-0.2, 0) is 14.8 Å². The molecule has 2 aromatic rings. The standard InChI is InChI=1S/C18H21ClN2O3S/c1-12-5-4-6-13(2)18(12)20-17(22)11-16(21-25(3,23)24)14-7-9-15(19)10-8-14/h4-10,16,21H,11H2,1-3H3,(H,20,22)/t16-/m0/s1. The lowest BCUT2D eigenvalue weighted by molar-refractivity contribution is -0.116. The van der Waals surface area contributed by atoms with Gasteiger partial charge in [0.2, 0.25) is 15.9 Å². The first-order valence-corrected chi connectivity index (χ1v) is 10.0. The van der Waals surface area contributed by atoms with E-state index in [1.54, 1.807) is 24.3 Å². The van der Waals surface area contributed by atoms with Crippen LogP contribution in [0.1, 0.15) is 29.2 Å². The summed E-state index contributed by atoms with van der Waals surface area (Å²) in [7, 11) is -3.48. The zero-order chi connectivity index (χ0) is 18.6. The Kier molecular flexibility index (Phi) is 6.21. The topological polar surface area (TPSA) is 75.3 Å². The van der Waals surface area contributed by atoms with Crippen LogP contribution in [-0.4, -0.2) is 20.6 Å². The number of halogens is 1. The molecule has 1 atom stereocenters. The van der Waals surface area contributed by atoms with Crippen LogP contribution in [0.2, 0.25) is 5.02 Å². The van der Waals surface area contributed by atoms with Crippen molar-refractivity contribution in [2.45, 2.75) is 26.3 Å². The Morgan fingerprint density at radius 3 is 2.16 bits per heavy atom. The minimum atomic E-state index is -3.48. The molecule has 0 aromatic heterocycles. The van der Waals surface area contributed by atoms with Gasteiger partial charge in [-0.2, -0.15) is 0 Å². The zero-order valence-electron chi connectivity index (χ0n) is 14.3. The Labute approximate surface area is 153 Å². The molecule has 0 unspecified atom stereocenters. The molecule has 0 spiro atoms. The highest BCUT2D eigenvalue weighted by molar-refractivity contribution is 7.88. The Hall–Kier alpha value is -1.89. The highest BCUT2D eigenvalue weighted by Crippen LogP contribution is 2.23. The third-order valence-electron chi connectivity index (χ3n) is 3.76. The van der Waals surface area contributed by atoms with E-state index in [0.29, 0.717) is 10.6 Å². The quantitative estimate of drug-likeness (QED) is 0.804. The average molecular weight is 381 g/mol. The van der Waals surface area contributed by atoms with Crippen LogP contribution in [0.3, 0.4) is 0 Å². The second-order valence-electron chi connectivity index (χ2n) is 6.01. The van der Waals surface area contributed by atoms with Crippen molar-refractivity contribution in [1.29, 1.82) is 0 Å². The molecule has 0 heterocycles. The van der Waals surface area contributed by atoms with Crippen molar-refractivity contribution in [2.24, 2.45) is 0 Å². The van der Waals surface area contributed by atoms with Crippen molar-refractivity contribution in [3.63, 3.8) is 0 Å². The fraction of sp³-hybridized carbons (Fsp3) is 0.278. The van der Waals surface area contributed by atoms with Crippen LogP contribution < -0.4 is 10.0 Å². The largest absolute Gasteiger partial charge is 0.326 e. The van der Waals surface area contributed by atoms with E-state index < -0.39 is 16.1 Å². The molecule has 0 aliphatic heterocycles. The summed E-state index contributed by atoms with van der Waals surface area (Å²) in [4.78, 5) is 12.5. The first-order chi connectivity index (χ1) is 11.7. The molecule has 2 rings (SSSR count). The molecule has 134 valence electrons. The minimum Gasteiger partial charge on any atom is -0.326 e. The minimum absolute atomic E-state index is 0.0253. The van der Waals surface area contributed by atoms with Crippen molar-refractivity contribution in [1.82, 2.24) is 4.72 Å². The molecule has 0 aliphatic carbocycles. The number of amides is 1. The van der Waals surface area contributed by atoms with Gasteiger partial charge in [0.25, 0.3) is 0 Å². The molecule has 5 nitrogen and oxygen atoms in total. The van der Waals surface area contributed by atoms with Gasteiger partial charge in [0.05, 0.1) is 12.3 Å². The maximum atomic E-state index is 12.5. The van der Waals surface area contributed by atoms with Crippen molar-refractivity contribution < 1.29 is 13.2 Å². The van der Waals surface area contributed by atoms with Crippen LogP contribution in [0, 0.1) is 13.8 Å². The fourth-order valence-electron chi connectivity index (χ4n) is 2.57. The molecule has 0 saturated heterocycles. The lowest BCUT2D eigenvalue weighted by atomic mass is 10.0. The summed E-state index contributed by atoms with van der Waals surface area (Å²) < 4.78 is 25.8. The van der Waals surface area contributed by atoms with Crippen LogP contribution >= 0.6 is 11.6 Å². The molecule has 0 bridgehead atoms. The molecule has 0 fully saturated rings. The van der Waals surface area contributed by atoms with Gasteiger partial charge >= 0.3 is 0 Å². The lowest BCUT2D eigenvalue weighted by Crippen LogP contribution is -2.30. The zero-order valence-corrected chi connectivity index (χ0v) is 15.9. The van der Waals surface area contributed by atoms with Gasteiger partial charge in [0, 0.05) is 17.1 Å². The second kappa shape index (κ2) is 7.99. The van der Waals surface area contributed by atoms with Crippen molar-refractivity contribution in [3.8, 4) is 0 Å². The lowest BCUT2D eigenvalue weighted by Gasteiger charge is -2.19. The summed E-state index contributed by atoms with van der Waals surface area (Å²) in [5.74, 6) is -0.270. The molecule has 25 heavy (non-hydrogen) atoms. The number of hydrogen-bond donors (Lipinski definition) is 2. The number of benzene rings is 2. The molecule has 0 saturated carbocycles.